The van der Waals surface area contributed by atoms with Crippen molar-refractivity contribution in [3.05, 3.63) is 70.8 Å². The molecule has 0 bridgehead atoms. The molecule has 0 N–H and O–H groups in total. The third-order valence-electron chi connectivity index (χ3n) is 5.47. The van der Waals surface area contributed by atoms with Crippen LogP contribution in [-0.4, -0.2) is 18.9 Å². The smallest absolute Gasteiger partial charge is 0.182 e. The van der Waals surface area contributed by atoms with Crippen LogP contribution in [0.15, 0.2) is 58.8 Å². The topological polar surface area (TPSA) is 34.0 Å². The van der Waals surface area contributed by atoms with Crippen LogP contribution in [0.25, 0.3) is 0 Å². The summed E-state index contributed by atoms with van der Waals surface area (Å²) < 4.78 is 5.84. The van der Waals surface area contributed by atoms with Gasteiger partial charge in [-0.05, 0) is 47.9 Å². The molecule has 4 rings (SSSR count). The lowest BCUT2D eigenvalue weighted by atomic mass is 9.86. The van der Waals surface area contributed by atoms with E-state index < -0.39 is 5.72 Å². The molecule has 3 heteroatoms. The normalized spacial score (nSPS) is 26.1. The van der Waals surface area contributed by atoms with Gasteiger partial charge in [0.15, 0.2) is 5.72 Å². The van der Waals surface area contributed by atoms with Gasteiger partial charge < -0.3 is 4.74 Å². The van der Waals surface area contributed by atoms with E-state index in [1.165, 1.54) is 22.3 Å². The molecule has 0 fully saturated rings. The molecule has 2 aliphatic rings. The van der Waals surface area contributed by atoms with Crippen molar-refractivity contribution in [2.24, 2.45) is 10.2 Å². The van der Waals surface area contributed by atoms with Crippen LogP contribution in [0.1, 0.15) is 35.1 Å². The maximum atomic E-state index is 5.84. The van der Waals surface area contributed by atoms with Crippen molar-refractivity contribution in [3.8, 4) is 0 Å². The Bertz CT molecular complexity index is 755. The monoisotopic (exact) mass is 320 g/mol. The predicted molar refractivity (Wildman–Crippen MR) is 95.3 cm³/mol. The highest BCUT2D eigenvalue weighted by molar-refractivity contribution is 5.32. The number of benzene rings is 2. The summed E-state index contributed by atoms with van der Waals surface area (Å²) in [6.07, 6.45) is 5.92. The van der Waals surface area contributed by atoms with Crippen molar-refractivity contribution in [2.45, 2.75) is 50.3 Å². The molecule has 0 radical (unpaired) electrons. The van der Waals surface area contributed by atoms with Crippen LogP contribution in [0.4, 0.5) is 0 Å². The Hall–Kier alpha value is -2.00. The number of aryl methyl sites for hydroxylation is 2. The highest BCUT2D eigenvalue weighted by Gasteiger charge is 2.35. The quantitative estimate of drug-likeness (QED) is 0.765. The molecule has 0 aliphatic heterocycles. The lowest BCUT2D eigenvalue weighted by Gasteiger charge is -2.33. The van der Waals surface area contributed by atoms with E-state index in [0.29, 0.717) is 0 Å². The van der Waals surface area contributed by atoms with E-state index in [-0.39, 0.29) is 6.04 Å². The maximum Gasteiger partial charge on any atom is 0.182 e. The Kier molecular flexibility index (Phi) is 4.19. The predicted octanol–water partition coefficient (Wildman–Crippen LogP) is 4.53. The number of hydrogen-bond donors (Lipinski definition) is 0. The Morgan fingerprint density at radius 1 is 0.917 bits per heavy atom. The van der Waals surface area contributed by atoms with E-state index in [9.17, 15) is 0 Å². The zero-order valence-corrected chi connectivity index (χ0v) is 14.2. The minimum Gasteiger partial charge on any atom is -0.355 e. The number of hydrogen-bond acceptors (Lipinski definition) is 3. The summed E-state index contributed by atoms with van der Waals surface area (Å²) in [4.78, 5) is 0. The molecular formula is C21H24N2O. The fraction of sp³-hybridized carbons (Fsp3) is 0.429. The van der Waals surface area contributed by atoms with Crippen molar-refractivity contribution < 1.29 is 4.74 Å². The first-order valence-corrected chi connectivity index (χ1v) is 8.89. The summed E-state index contributed by atoms with van der Waals surface area (Å²) >= 11 is 0. The molecule has 2 aromatic carbocycles. The molecule has 0 spiro atoms. The van der Waals surface area contributed by atoms with Gasteiger partial charge in [0, 0.05) is 20.0 Å². The fourth-order valence-corrected chi connectivity index (χ4v) is 3.95. The second kappa shape index (κ2) is 6.48. The Morgan fingerprint density at radius 3 is 2.33 bits per heavy atom. The summed E-state index contributed by atoms with van der Waals surface area (Å²) in [5.74, 6) is 0. The maximum absolute atomic E-state index is 5.84. The zero-order valence-electron chi connectivity index (χ0n) is 14.2. The van der Waals surface area contributed by atoms with E-state index in [1.807, 2.05) is 0 Å². The molecule has 0 saturated carbocycles. The second-order valence-electron chi connectivity index (χ2n) is 6.98. The molecule has 2 atom stereocenters. The summed E-state index contributed by atoms with van der Waals surface area (Å²) in [6.45, 7) is 0. The number of ether oxygens (including phenoxy) is 1. The second-order valence-corrected chi connectivity index (χ2v) is 6.98. The Morgan fingerprint density at radius 2 is 1.58 bits per heavy atom. The van der Waals surface area contributed by atoms with Gasteiger partial charge in [0.2, 0.25) is 0 Å². The van der Waals surface area contributed by atoms with Gasteiger partial charge in [0.1, 0.15) is 0 Å². The van der Waals surface area contributed by atoms with Crippen LogP contribution in [0.5, 0.6) is 0 Å². The minimum atomic E-state index is -0.481. The molecule has 3 nitrogen and oxygen atoms in total. The van der Waals surface area contributed by atoms with Gasteiger partial charge in [0.25, 0.3) is 0 Å². The number of rotatable bonds is 3. The first-order chi connectivity index (χ1) is 11.8. The van der Waals surface area contributed by atoms with Gasteiger partial charge in [-0.15, -0.1) is 0 Å². The molecule has 24 heavy (non-hydrogen) atoms. The minimum absolute atomic E-state index is 0.282. The van der Waals surface area contributed by atoms with Crippen molar-refractivity contribution in [1.82, 2.24) is 0 Å². The van der Waals surface area contributed by atoms with Crippen molar-refractivity contribution in [1.29, 1.82) is 0 Å². The van der Waals surface area contributed by atoms with Crippen LogP contribution in [0.2, 0.25) is 0 Å². The van der Waals surface area contributed by atoms with Crippen LogP contribution >= 0.6 is 0 Å². The van der Waals surface area contributed by atoms with Crippen LogP contribution in [-0.2, 0) is 30.4 Å². The van der Waals surface area contributed by atoms with Gasteiger partial charge >= 0.3 is 0 Å². The Labute approximate surface area is 143 Å². The van der Waals surface area contributed by atoms with E-state index in [0.717, 1.165) is 38.5 Å². The summed E-state index contributed by atoms with van der Waals surface area (Å²) in [5, 5.41) is 9.45. The molecule has 2 aliphatic carbocycles. The van der Waals surface area contributed by atoms with E-state index >= 15 is 0 Å². The molecule has 2 aromatic rings. The molecule has 0 heterocycles. The number of methoxy groups -OCH3 is 1. The van der Waals surface area contributed by atoms with Crippen LogP contribution in [0.3, 0.4) is 0 Å². The summed E-state index contributed by atoms with van der Waals surface area (Å²) in [6, 6.07) is 17.6. The van der Waals surface area contributed by atoms with Gasteiger partial charge in [-0.3, -0.25) is 0 Å². The van der Waals surface area contributed by atoms with Gasteiger partial charge in [-0.2, -0.15) is 10.2 Å². The third-order valence-corrected chi connectivity index (χ3v) is 5.47. The molecule has 124 valence electrons. The summed E-state index contributed by atoms with van der Waals surface area (Å²) in [5.41, 5.74) is 5.18. The van der Waals surface area contributed by atoms with Gasteiger partial charge in [0.05, 0.1) is 6.04 Å². The lowest BCUT2D eigenvalue weighted by molar-refractivity contribution is -0.0211. The summed E-state index contributed by atoms with van der Waals surface area (Å²) in [7, 11) is 1.77. The van der Waals surface area contributed by atoms with Crippen LogP contribution in [0, 0.1) is 0 Å². The standard InChI is InChI=1S/C21H24N2O/c1-24-21(13-12-17-7-3-5-9-19(17)15-21)23-22-20-11-10-16-6-2-4-8-18(16)14-20/h2-9,20H,10-15H2,1H3. The molecular weight excluding hydrogens is 296 g/mol. The van der Waals surface area contributed by atoms with E-state index in [2.05, 4.69) is 48.5 Å². The molecule has 0 aromatic heterocycles. The SMILES string of the molecule is COC1(N=NC2CCc3ccccc3C2)CCc2ccccc2C1. The number of fused-ring (bicyclic) bond motifs is 2. The van der Waals surface area contributed by atoms with Crippen LogP contribution < -0.4 is 0 Å². The average molecular weight is 320 g/mol. The number of azo groups is 1. The van der Waals surface area contributed by atoms with Crippen molar-refractivity contribution >= 4 is 0 Å². The lowest BCUT2D eigenvalue weighted by Crippen LogP contribution is -2.36. The van der Waals surface area contributed by atoms with Gasteiger partial charge in [-0.25, -0.2) is 0 Å². The molecule has 0 amide bonds. The first kappa shape index (κ1) is 15.5. The highest BCUT2D eigenvalue weighted by atomic mass is 16.5. The van der Waals surface area contributed by atoms with E-state index in [4.69, 9.17) is 15.0 Å². The highest BCUT2D eigenvalue weighted by Crippen LogP contribution is 2.33. The zero-order chi connectivity index (χ0) is 16.4. The molecule has 2 unspecified atom stereocenters. The fourth-order valence-electron chi connectivity index (χ4n) is 3.95. The number of nitrogens with zero attached hydrogens (tertiary/aromatic N) is 2. The van der Waals surface area contributed by atoms with Crippen molar-refractivity contribution in [2.75, 3.05) is 7.11 Å². The van der Waals surface area contributed by atoms with E-state index in [1.54, 1.807) is 7.11 Å². The Balaban J connectivity index is 1.51. The first-order valence-electron chi connectivity index (χ1n) is 8.89. The third kappa shape index (κ3) is 3.01. The van der Waals surface area contributed by atoms with Gasteiger partial charge in [-0.1, -0.05) is 48.5 Å². The van der Waals surface area contributed by atoms with Crippen molar-refractivity contribution in [3.63, 3.8) is 0 Å². The average Bonchev–Trinajstić information content (AvgIpc) is 2.66. The largest absolute Gasteiger partial charge is 0.355 e. The molecule has 0 saturated heterocycles.